The van der Waals surface area contributed by atoms with Crippen molar-refractivity contribution in [3.05, 3.63) is 59.4 Å². The van der Waals surface area contributed by atoms with Crippen LogP contribution < -0.4 is 10.1 Å². The molecule has 27 heavy (non-hydrogen) atoms. The molecule has 1 amide bonds. The molecule has 1 saturated carbocycles. The van der Waals surface area contributed by atoms with Gasteiger partial charge in [0.1, 0.15) is 17.6 Å². The zero-order valence-corrected chi connectivity index (χ0v) is 15.6. The molecule has 3 rings (SSSR count). The second-order valence-electron chi connectivity index (χ2n) is 7.21. The highest BCUT2D eigenvalue weighted by Crippen LogP contribution is 2.43. The molecule has 0 spiro atoms. The molecule has 0 aliphatic heterocycles. The molecule has 2 aromatic carbocycles. The van der Waals surface area contributed by atoms with E-state index < -0.39 is 5.41 Å². The van der Waals surface area contributed by atoms with Crippen LogP contribution in [0, 0.1) is 17.1 Å². The minimum absolute atomic E-state index is 0.0141. The average molecular weight is 366 g/mol. The summed E-state index contributed by atoms with van der Waals surface area (Å²) in [5.41, 5.74) is 0.271. The van der Waals surface area contributed by atoms with Gasteiger partial charge in [-0.05, 0) is 44.9 Å². The monoisotopic (exact) mass is 366 g/mol. The molecule has 0 bridgehead atoms. The van der Waals surface area contributed by atoms with Gasteiger partial charge in [0, 0.05) is 11.6 Å². The van der Waals surface area contributed by atoms with Crippen LogP contribution in [0.2, 0.25) is 0 Å². The van der Waals surface area contributed by atoms with Crippen molar-refractivity contribution in [3.8, 4) is 11.8 Å². The van der Waals surface area contributed by atoms with Crippen LogP contribution in [-0.4, -0.2) is 12.0 Å². The van der Waals surface area contributed by atoms with Crippen molar-refractivity contribution in [3.63, 3.8) is 0 Å². The van der Waals surface area contributed by atoms with Crippen molar-refractivity contribution >= 4 is 11.6 Å². The molecule has 4 nitrogen and oxygen atoms in total. The number of amides is 1. The number of anilines is 1. The normalized spacial score (nSPS) is 15.4. The molecule has 0 unspecified atom stereocenters. The Balaban J connectivity index is 1.91. The van der Waals surface area contributed by atoms with Gasteiger partial charge in [-0.1, -0.05) is 31.0 Å². The molecule has 1 aliphatic carbocycles. The van der Waals surface area contributed by atoms with Crippen molar-refractivity contribution in [2.75, 3.05) is 5.32 Å². The number of carbonyl (C=O) groups excluding carboxylic acids is 1. The Morgan fingerprint density at radius 3 is 2.56 bits per heavy atom. The van der Waals surface area contributed by atoms with Crippen LogP contribution in [-0.2, 0) is 10.2 Å². The summed E-state index contributed by atoms with van der Waals surface area (Å²) in [5, 5.41) is 12.3. The van der Waals surface area contributed by atoms with E-state index in [0.717, 1.165) is 12.8 Å². The summed E-state index contributed by atoms with van der Waals surface area (Å²) in [5.74, 6) is -0.0564. The minimum atomic E-state index is -0.898. The topological polar surface area (TPSA) is 62.1 Å². The highest BCUT2D eigenvalue weighted by molar-refractivity contribution is 6.00. The number of benzene rings is 2. The van der Waals surface area contributed by atoms with Crippen LogP contribution in [0.5, 0.6) is 5.75 Å². The number of nitrogens with one attached hydrogen (secondary N) is 1. The summed E-state index contributed by atoms with van der Waals surface area (Å²) >= 11 is 0. The summed E-state index contributed by atoms with van der Waals surface area (Å²) in [6.45, 7) is 3.81. The number of halogens is 1. The van der Waals surface area contributed by atoms with E-state index in [2.05, 4.69) is 11.4 Å². The van der Waals surface area contributed by atoms with Gasteiger partial charge in [0.15, 0.2) is 0 Å². The lowest BCUT2D eigenvalue weighted by Crippen LogP contribution is -2.38. The van der Waals surface area contributed by atoms with Crippen LogP contribution in [0.4, 0.5) is 10.1 Å². The average Bonchev–Trinajstić information content (AvgIpc) is 3.13. The van der Waals surface area contributed by atoms with Gasteiger partial charge in [-0.2, -0.15) is 5.26 Å². The Bertz CT molecular complexity index is 880. The van der Waals surface area contributed by atoms with Crippen molar-refractivity contribution in [1.82, 2.24) is 0 Å². The lowest BCUT2D eigenvalue weighted by molar-refractivity contribution is -0.121. The van der Waals surface area contributed by atoms with Crippen LogP contribution in [0.25, 0.3) is 0 Å². The van der Waals surface area contributed by atoms with Crippen molar-refractivity contribution in [2.24, 2.45) is 0 Å². The highest BCUT2D eigenvalue weighted by atomic mass is 19.1. The number of hydrogen-bond donors (Lipinski definition) is 1. The first-order chi connectivity index (χ1) is 13.0. The van der Waals surface area contributed by atoms with E-state index in [4.69, 9.17) is 4.74 Å². The first kappa shape index (κ1) is 18.9. The molecule has 0 aromatic heterocycles. The molecule has 0 saturated heterocycles. The third-order valence-electron chi connectivity index (χ3n) is 5.01. The number of hydrogen-bond acceptors (Lipinski definition) is 3. The summed E-state index contributed by atoms with van der Waals surface area (Å²) in [4.78, 5) is 13.2. The fourth-order valence-electron chi connectivity index (χ4n) is 3.76. The van der Waals surface area contributed by atoms with Gasteiger partial charge < -0.3 is 10.1 Å². The van der Waals surface area contributed by atoms with Gasteiger partial charge in [0.2, 0.25) is 5.91 Å². The Kier molecular flexibility index (Phi) is 5.46. The Morgan fingerprint density at radius 2 is 1.93 bits per heavy atom. The Hall–Kier alpha value is -2.87. The van der Waals surface area contributed by atoms with Gasteiger partial charge in [-0.3, -0.25) is 4.79 Å². The van der Waals surface area contributed by atoms with Crippen molar-refractivity contribution in [1.29, 1.82) is 5.26 Å². The predicted octanol–water partition coefficient (Wildman–Crippen LogP) is 4.94. The standard InChI is InChI=1S/C22H23FN2O2/c1-15(2)27-17-9-10-20(16(13-17)14-24)25-21(26)22(11-5-6-12-22)18-7-3-4-8-19(18)23/h3-4,7-10,13,15H,5-6,11-12H2,1-2H3,(H,25,26). The van der Waals surface area contributed by atoms with E-state index in [1.807, 2.05) is 13.8 Å². The predicted molar refractivity (Wildman–Crippen MR) is 102 cm³/mol. The maximum absolute atomic E-state index is 14.5. The van der Waals surface area contributed by atoms with Gasteiger partial charge in [0.05, 0.1) is 22.8 Å². The quantitative estimate of drug-likeness (QED) is 0.816. The van der Waals surface area contributed by atoms with E-state index in [9.17, 15) is 14.4 Å². The fourth-order valence-corrected chi connectivity index (χ4v) is 3.76. The van der Waals surface area contributed by atoms with E-state index in [0.29, 0.717) is 35.4 Å². The third-order valence-corrected chi connectivity index (χ3v) is 5.01. The summed E-state index contributed by atoms with van der Waals surface area (Å²) < 4.78 is 20.1. The SMILES string of the molecule is CC(C)Oc1ccc(NC(=O)C2(c3ccccc3F)CCCC2)c(C#N)c1. The van der Waals surface area contributed by atoms with Crippen molar-refractivity contribution < 1.29 is 13.9 Å². The number of rotatable bonds is 5. The second kappa shape index (κ2) is 7.79. The van der Waals surface area contributed by atoms with Crippen molar-refractivity contribution in [2.45, 2.75) is 51.0 Å². The first-order valence-corrected chi connectivity index (χ1v) is 9.23. The summed E-state index contributed by atoms with van der Waals surface area (Å²) in [6, 6.07) is 13.6. The molecule has 1 fully saturated rings. The van der Waals surface area contributed by atoms with E-state index in [1.165, 1.54) is 6.07 Å². The lowest BCUT2D eigenvalue weighted by atomic mass is 9.77. The van der Waals surface area contributed by atoms with Crippen LogP contribution in [0.3, 0.4) is 0 Å². The smallest absolute Gasteiger partial charge is 0.235 e. The highest BCUT2D eigenvalue weighted by Gasteiger charge is 2.44. The Morgan fingerprint density at radius 1 is 1.22 bits per heavy atom. The zero-order valence-electron chi connectivity index (χ0n) is 15.6. The zero-order chi connectivity index (χ0) is 19.4. The van der Waals surface area contributed by atoms with Gasteiger partial charge in [-0.15, -0.1) is 0 Å². The number of nitrogens with zero attached hydrogens (tertiary/aromatic N) is 1. The molecule has 0 atom stereocenters. The maximum Gasteiger partial charge on any atom is 0.235 e. The van der Waals surface area contributed by atoms with Gasteiger partial charge >= 0.3 is 0 Å². The Labute approximate surface area is 159 Å². The second-order valence-corrected chi connectivity index (χ2v) is 7.21. The third kappa shape index (κ3) is 3.80. The van der Waals surface area contributed by atoms with Gasteiger partial charge in [-0.25, -0.2) is 4.39 Å². The molecule has 0 heterocycles. The molecular formula is C22H23FN2O2. The lowest BCUT2D eigenvalue weighted by Gasteiger charge is -2.29. The van der Waals surface area contributed by atoms with E-state index >= 15 is 0 Å². The van der Waals surface area contributed by atoms with E-state index in [1.54, 1.807) is 36.4 Å². The molecular weight excluding hydrogens is 343 g/mol. The minimum Gasteiger partial charge on any atom is -0.491 e. The summed E-state index contributed by atoms with van der Waals surface area (Å²) in [6.07, 6.45) is 2.91. The van der Waals surface area contributed by atoms with Crippen LogP contribution in [0.15, 0.2) is 42.5 Å². The molecule has 1 N–H and O–H groups in total. The van der Waals surface area contributed by atoms with Crippen LogP contribution >= 0.6 is 0 Å². The largest absolute Gasteiger partial charge is 0.491 e. The molecule has 0 radical (unpaired) electrons. The van der Waals surface area contributed by atoms with E-state index in [-0.39, 0.29) is 17.8 Å². The number of nitriles is 1. The first-order valence-electron chi connectivity index (χ1n) is 9.23. The maximum atomic E-state index is 14.5. The van der Waals surface area contributed by atoms with Crippen LogP contribution in [0.1, 0.15) is 50.7 Å². The fraction of sp³-hybridized carbons (Fsp3) is 0.364. The summed E-state index contributed by atoms with van der Waals surface area (Å²) in [7, 11) is 0. The van der Waals surface area contributed by atoms with Gasteiger partial charge in [0.25, 0.3) is 0 Å². The number of carbonyl (C=O) groups is 1. The molecule has 140 valence electrons. The molecule has 2 aromatic rings. The number of ether oxygens (including phenoxy) is 1. The molecule has 5 heteroatoms. The molecule has 1 aliphatic rings.